The summed E-state index contributed by atoms with van der Waals surface area (Å²) in [7, 11) is 1.77. The molecule has 0 saturated heterocycles. The molecule has 5 rings (SSSR count). The first kappa shape index (κ1) is 20.1. The molecule has 3 aromatic carbocycles. The molecular formula is C24H20N8O. The largest absolute Gasteiger partial charge is 0.493 e. The lowest BCUT2D eigenvalue weighted by molar-refractivity contribution is 0.436. The van der Waals surface area contributed by atoms with Gasteiger partial charge in [0.25, 0.3) is 5.95 Å². The Morgan fingerprint density at radius 2 is 1.24 bits per heavy atom. The van der Waals surface area contributed by atoms with Crippen LogP contribution in [0.1, 0.15) is 0 Å². The number of nitrogens with zero attached hydrogens (tertiary/aromatic N) is 6. The van der Waals surface area contributed by atoms with E-state index in [1.54, 1.807) is 11.6 Å². The highest BCUT2D eigenvalue weighted by molar-refractivity contribution is 5.94. The number of hydrogen-bond acceptors (Lipinski definition) is 8. The van der Waals surface area contributed by atoms with Crippen molar-refractivity contribution in [2.75, 3.05) is 10.6 Å². The number of aryl methyl sites for hydroxylation is 1. The van der Waals surface area contributed by atoms with E-state index in [4.69, 9.17) is 0 Å². The molecule has 3 N–H and O–H groups in total. The second kappa shape index (κ2) is 8.75. The molecule has 5 aromatic rings. The zero-order valence-corrected chi connectivity index (χ0v) is 17.7. The third kappa shape index (κ3) is 4.33. The predicted octanol–water partition coefficient (Wildman–Crippen LogP) is 5.97. The summed E-state index contributed by atoms with van der Waals surface area (Å²) in [5, 5.41) is 26.1. The fourth-order valence-corrected chi connectivity index (χ4v) is 3.38. The first-order valence-electron chi connectivity index (χ1n) is 10.3. The van der Waals surface area contributed by atoms with Crippen molar-refractivity contribution in [2.24, 2.45) is 17.3 Å². The van der Waals surface area contributed by atoms with Crippen LogP contribution < -0.4 is 10.6 Å². The van der Waals surface area contributed by atoms with E-state index in [9.17, 15) is 5.11 Å². The Kier molecular flexibility index (Phi) is 5.34. The summed E-state index contributed by atoms with van der Waals surface area (Å²) in [6.45, 7) is 0. The van der Waals surface area contributed by atoms with Gasteiger partial charge in [-0.05, 0) is 30.3 Å². The van der Waals surface area contributed by atoms with Crippen LogP contribution in [0.5, 0.6) is 5.88 Å². The molecule has 33 heavy (non-hydrogen) atoms. The Bertz CT molecular complexity index is 1370. The van der Waals surface area contributed by atoms with Gasteiger partial charge in [0.1, 0.15) is 0 Å². The maximum Gasteiger partial charge on any atom is 0.275 e. The first-order valence-corrected chi connectivity index (χ1v) is 10.3. The summed E-state index contributed by atoms with van der Waals surface area (Å²) in [6.07, 6.45) is 0. The van der Waals surface area contributed by atoms with E-state index < -0.39 is 0 Å². The number of azo groups is 1. The van der Waals surface area contributed by atoms with Gasteiger partial charge in [-0.25, -0.2) is 0 Å². The summed E-state index contributed by atoms with van der Waals surface area (Å²) in [5.41, 5.74) is 2.84. The highest BCUT2D eigenvalue weighted by Crippen LogP contribution is 2.38. The fraction of sp³-hybridized carbons (Fsp3) is 0.0417. The minimum absolute atomic E-state index is 0.0132. The molecule has 0 radical (unpaired) electrons. The Balaban J connectivity index is 1.53. The SMILES string of the molecule is Cn1c(O)c(N=Nc2nc(Nc3ccccc3)nc(Nc3ccccc3)n2)c2ccccc21. The predicted molar refractivity (Wildman–Crippen MR) is 128 cm³/mol. The maximum absolute atomic E-state index is 10.5. The molecule has 2 aromatic heterocycles. The van der Waals surface area contributed by atoms with E-state index in [0.717, 1.165) is 22.3 Å². The van der Waals surface area contributed by atoms with Crippen molar-refractivity contribution in [3.8, 4) is 5.88 Å². The molecule has 0 bridgehead atoms. The first-order chi connectivity index (χ1) is 16.2. The van der Waals surface area contributed by atoms with Crippen molar-refractivity contribution >= 4 is 45.8 Å². The van der Waals surface area contributed by atoms with E-state index in [1.807, 2.05) is 84.9 Å². The number of aromatic nitrogens is 4. The normalized spacial score (nSPS) is 11.2. The van der Waals surface area contributed by atoms with Gasteiger partial charge in [0.2, 0.25) is 17.8 Å². The lowest BCUT2D eigenvalue weighted by Crippen LogP contribution is -2.03. The van der Waals surface area contributed by atoms with Crippen LogP contribution in [-0.4, -0.2) is 24.6 Å². The number of fused-ring (bicyclic) bond motifs is 1. The lowest BCUT2D eigenvalue weighted by Gasteiger charge is -2.08. The zero-order valence-electron chi connectivity index (χ0n) is 17.7. The van der Waals surface area contributed by atoms with Crippen LogP contribution in [0.15, 0.2) is 95.2 Å². The van der Waals surface area contributed by atoms with Crippen LogP contribution in [0.25, 0.3) is 10.9 Å². The number of hydrogen-bond donors (Lipinski definition) is 3. The average molecular weight is 436 g/mol. The van der Waals surface area contributed by atoms with E-state index in [0.29, 0.717) is 17.6 Å². The topological polar surface area (TPSA) is 113 Å². The molecule has 9 heteroatoms. The van der Waals surface area contributed by atoms with E-state index >= 15 is 0 Å². The number of aromatic hydroxyl groups is 1. The molecule has 0 aliphatic heterocycles. The molecule has 0 aliphatic carbocycles. The standard InChI is InChI=1S/C24H20N8O/c1-32-19-15-9-8-14-18(19)20(21(32)33)30-31-24-28-22(25-16-10-4-2-5-11-16)27-23(29-24)26-17-12-6-3-7-13-17/h2-15,33H,1H3,(H2,25,26,27,28,29). The molecule has 0 atom stereocenters. The monoisotopic (exact) mass is 436 g/mol. The van der Waals surface area contributed by atoms with Gasteiger partial charge < -0.3 is 20.3 Å². The summed E-state index contributed by atoms with van der Waals surface area (Å²) < 4.78 is 1.65. The van der Waals surface area contributed by atoms with Gasteiger partial charge >= 0.3 is 0 Å². The van der Waals surface area contributed by atoms with Gasteiger partial charge in [-0.3, -0.25) is 0 Å². The van der Waals surface area contributed by atoms with Crippen LogP contribution >= 0.6 is 0 Å². The maximum atomic E-state index is 10.5. The molecule has 0 aliphatic rings. The minimum Gasteiger partial charge on any atom is -0.493 e. The molecule has 0 amide bonds. The van der Waals surface area contributed by atoms with Crippen LogP contribution in [-0.2, 0) is 7.05 Å². The van der Waals surface area contributed by atoms with Crippen molar-refractivity contribution in [2.45, 2.75) is 0 Å². The summed E-state index contributed by atoms with van der Waals surface area (Å²) in [5.74, 6) is 0.727. The van der Waals surface area contributed by atoms with E-state index in [2.05, 4.69) is 35.8 Å². The second-order valence-electron chi connectivity index (χ2n) is 7.21. The Hall–Kier alpha value is -4.79. The number of nitrogens with one attached hydrogen (secondary N) is 2. The number of anilines is 4. The van der Waals surface area contributed by atoms with Crippen LogP contribution in [0.3, 0.4) is 0 Å². The molecule has 0 fully saturated rings. The summed E-state index contributed by atoms with van der Waals surface area (Å²) >= 11 is 0. The van der Waals surface area contributed by atoms with Gasteiger partial charge in [-0.2, -0.15) is 15.0 Å². The van der Waals surface area contributed by atoms with Crippen LogP contribution in [0.2, 0.25) is 0 Å². The lowest BCUT2D eigenvalue weighted by atomic mass is 10.2. The smallest absolute Gasteiger partial charge is 0.275 e. The molecule has 9 nitrogen and oxygen atoms in total. The highest BCUT2D eigenvalue weighted by atomic mass is 16.3. The third-order valence-corrected chi connectivity index (χ3v) is 4.97. The Morgan fingerprint density at radius 3 is 1.85 bits per heavy atom. The highest BCUT2D eigenvalue weighted by Gasteiger charge is 2.14. The van der Waals surface area contributed by atoms with Gasteiger partial charge in [0.15, 0.2) is 5.69 Å². The number of benzene rings is 3. The second-order valence-corrected chi connectivity index (χ2v) is 7.21. The third-order valence-electron chi connectivity index (χ3n) is 4.97. The van der Waals surface area contributed by atoms with Crippen molar-refractivity contribution in [3.63, 3.8) is 0 Å². The molecule has 0 unspecified atom stereocenters. The van der Waals surface area contributed by atoms with Gasteiger partial charge in [-0.1, -0.05) is 54.6 Å². The van der Waals surface area contributed by atoms with Crippen molar-refractivity contribution in [3.05, 3.63) is 84.9 Å². The molecule has 0 saturated carbocycles. The van der Waals surface area contributed by atoms with Gasteiger partial charge in [-0.15, -0.1) is 10.2 Å². The van der Waals surface area contributed by atoms with Crippen LogP contribution in [0.4, 0.5) is 34.9 Å². The summed E-state index contributed by atoms with van der Waals surface area (Å²) in [4.78, 5) is 13.2. The molecular weight excluding hydrogens is 416 g/mol. The van der Waals surface area contributed by atoms with Crippen molar-refractivity contribution in [1.29, 1.82) is 0 Å². The Morgan fingerprint density at radius 1 is 0.697 bits per heavy atom. The van der Waals surface area contributed by atoms with Crippen LogP contribution in [0, 0.1) is 0 Å². The summed E-state index contributed by atoms with van der Waals surface area (Å²) in [6, 6.07) is 26.7. The molecule has 162 valence electrons. The molecule has 2 heterocycles. The average Bonchev–Trinajstić information content (AvgIpc) is 3.09. The Labute approximate surface area is 189 Å². The van der Waals surface area contributed by atoms with Gasteiger partial charge in [0.05, 0.1) is 5.52 Å². The minimum atomic E-state index is 0.0132. The number of para-hydroxylation sites is 3. The molecule has 0 spiro atoms. The fourth-order valence-electron chi connectivity index (χ4n) is 3.38. The number of rotatable bonds is 6. The van der Waals surface area contributed by atoms with Crippen molar-refractivity contribution < 1.29 is 5.11 Å². The van der Waals surface area contributed by atoms with E-state index in [1.165, 1.54) is 0 Å². The van der Waals surface area contributed by atoms with Gasteiger partial charge in [0, 0.05) is 23.8 Å². The zero-order chi connectivity index (χ0) is 22.6. The van der Waals surface area contributed by atoms with E-state index in [-0.39, 0.29) is 11.8 Å². The quantitative estimate of drug-likeness (QED) is 0.283. The van der Waals surface area contributed by atoms with Crippen molar-refractivity contribution in [1.82, 2.24) is 19.5 Å².